The van der Waals surface area contributed by atoms with E-state index < -0.39 is 41.2 Å². The van der Waals surface area contributed by atoms with Crippen molar-refractivity contribution in [3.63, 3.8) is 0 Å². The van der Waals surface area contributed by atoms with E-state index in [1.54, 1.807) is 60.9 Å². The van der Waals surface area contributed by atoms with Gasteiger partial charge >= 0.3 is 12.1 Å². The van der Waals surface area contributed by atoms with Crippen LogP contribution in [0, 0.1) is 5.41 Å². The van der Waals surface area contributed by atoms with Crippen LogP contribution >= 0.6 is 11.6 Å². The molecule has 1 N–H and O–H groups in total. The Morgan fingerprint density at radius 2 is 1.52 bits per heavy atom. The molecule has 4 rings (SSSR count). The Morgan fingerprint density at radius 1 is 0.917 bits per heavy atom. The third kappa shape index (κ3) is 8.75. The predicted octanol–water partition coefficient (Wildman–Crippen LogP) is 7.11. The number of ether oxygens (including phenoxy) is 2. The van der Waals surface area contributed by atoms with Crippen LogP contribution in [-0.4, -0.2) is 58.5 Å². The van der Waals surface area contributed by atoms with Gasteiger partial charge in [0.15, 0.2) is 0 Å². The molecule has 9 nitrogen and oxygen atoms in total. The molecule has 3 aromatic carbocycles. The van der Waals surface area contributed by atoms with E-state index >= 15 is 0 Å². The zero-order valence-electron chi connectivity index (χ0n) is 29.0. The second-order valence-corrected chi connectivity index (χ2v) is 14.7. The number of halogens is 1. The van der Waals surface area contributed by atoms with Gasteiger partial charge in [-0.2, -0.15) is 0 Å². The summed E-state index contributed by atoms with van der Waals surface area (Å²) in [5.74, 6) is -1.11. The van der Waals surface area contributed by atoms with E-state index in [4.69, 9.17) is 21.1 Å². The molecule has 0 aromatic heterocycles. The summed E-state index contributed by atoms with van der Waals surface area (Å²) < 4.78 is 10.4. The van der Waals surface area contributed by atoms with Crippen molar-refractivity contribution in [3.05, 3.63) is 106 Å². The van der Waals surface area contributed by atoms with Crippen molar-refractivity contribution >= 4 is 35.5 Å². The molecule has 0 radical (unpaired) electrons. The fourth-order valence-corrected chi connectivity index (χ4v) is 6.15. The lowest BCUT2D eigenvalue weighted by molar-refractivity contribution is -0.151. The van der Waals surface area contributed by atoms with E-state index in [2.05, 4.69) is 5.32 Å². The van der Waals surface area contributed by atoms with Crippen molar-refractivity contribution in [2.24, 2.45) is 5.41 Å². The van der Waals surface area contributed by atoms with Gasteiger partial charge in [0.1, 0.15) is 17.7 Å². The largest absolute Gasteiger partial charge is 0.465 e. The first-order valence-corrected chi connectivity index (χ1v) is 16.5. The van der Waals surface area contributed by atoms with E-state index in [0.717, 1.165) is 22.3 Å². The Labute approximate surface area is 288 Å². The fourth-order valence-electron chi connectivity index (χ4n) is 5.85. The van der Waals surface area contributed by atoms with Crippen molar-refractivity contribution in [3.8, 4) is 0 Å². The summed E-state index contributed by atoms with van der Waals surface area (Å²) in [4.78, 5) is 57.9. The van der Waals surface area contributed by atoms with E-state index in [-0.39, 0.29) is 31.3 Å². The highest BCUT2D eigenvalue weighted by Crippen LogP contribution is 2.33. The minimum Gasteiger partial charge on any atom is -0.465 e. The molecule has 0 spiro atoms. The Morgan fingerprint density at radius 3 is 2.10 bits per heavy atom. The number of benzene rings is 3. The van der Waals surface area contributed by atoms with E-state index in [1.807, 2.05) is 70.2 Å². The number of carbonyl (C=O) groups excluding carboxylic acids is 4. The number of esters is 1. The van der Waals surface area contributed by atoms with Crippen LogP contribution in [0.1, 0.15) is 87.1 Å². The molecule has 1 aliphatic rings. The van der Waals surface area contributed by atoms with Gasteiger partial charge in [-0.05, 0) is 73.6 Å². The van der Waals surface area contributed by atoms with Crippen LogP contribution in [0.25, 0.3) is 0 Å². The number of nitrogens with one attached hydrogen (secondary N) is 1. The first-order chi connectivity index (χ1) is 22.5. The molecule has 10 heteroatoms. The first kappa shape index (κ1) is 36.5. The third-order valence-electron chi connectivity index (χ3n) is 8.42. The topological polar surface area (TPSA) is 105 Å². The van der Waals surface area contributed by atoms with Crippen LogP contribution in [-0.2, 0) is 38.6 Å². The monoisotopic (exact) mass is 675 g/mol. The van der Waals surface area contributed by atoms with Crippen LogP contribution in [0.3, 0.4) is 0 Å². The lowest BCUT2D eigenvalue weighted by Gasteiger charge is -2.43. The molecule has 2 unspecified atom stereocenters. The smallest absolute Gasteiger partial charge is 0.408 e. The lowest BCUT2D eigenvalue weighted by Crippen LogP contribution is -2.61. The number of amides is 3. The van der Waals surface area contributed by atoms with E-state index in [0.29, 0.717) is 10.6 Å². The number of nitrogens with zero attached hydrogens (tertiary/aromatic N) is 2. The van der Waals surface area contributed by atoms with Gasteiger partial charge in [-0.3, -0.25) is 9.59 Å². The number of hydrogen-bond acceptors (Lipinski definition) is 6. The summed E-state index contributed by atoms with van der Waals surface area (Å²) in [6, 6.07) is 19.7. The molecule has 0 fully saturated rings. The standard InChI is InChI=1S/C38H46ClN3O6/c1-24(29-15-11-12-16-30(29)39)41(22-25-17-19-26(20-18-25)35(45)47-8)33(43)31-21-27-13-9-10-14-28(27)23-42(31)34(44)32(37(2,3)4)40-36(46)48-38(5,6)7/h9-20,24,31-32H,21-23H2,1-8H3,(H,40,46)/t24-,31?,32?/m1/s1. The second kappa shape index (κ2) is 14.8. The highest BCUT2D eigenvalue weighted by atomic mass is 35.5. The van der Waals surface area contributed by atoms with Crippen molar-refractivity contribution in [1.82, 2.24) is 15.1 Å². The van der Waals surface area contributed by atoms with Crippen molar-refractivity contribution in [2.75, 3.05) is 7.11 Å². The van der Waals surface area contributed by atoms with Crippen molar-refractivity contribution in [1.29, 1.82) is 0 Å². The maximum atomic E-state index is 15.0. The molecule has 48 heavy (non-hydrogen) atoms. The van der Waals surface area contributed by atoms with Gasteiger partial charge in [0, 0.05) is 24.5 Å². The predicted molar refractivity (Wildman–Crippen MR) is 185 cm³/mol. The molecule has 3 amide bonds. The normalized spacial score (nSPS) is 15.9. The molecule has 1 aliphatic heterocycles. The Balaban J connectivity index is 1.77. The van der Waals surface area contributed by atoms with Gasteiger partial charge in [0.25, 0.3) is 0 Å². The van der Waals surface area contributed by atoms with Crippen LogP contribution in [0.15, 0.2) is 72.8 Å². The van der Waals surface area contributed by atoms with Gasteiger partial charge in [-0.15, -0.1) is 0 Å². The molecular formula is C38H46ClN3O6. The first-order valence-electron chi connectivity index (χ1n) is 16.1. The van der Waals surface area contributed by atoms with E-state index in [9.17, 15) is 19.2 Å². The summed E-state index contributed by atoms with van der Waals surface area (Å²) in [5.41, 5.74) is 2.37. The van der Waals surface area contributed by atoms with Crippen LogP contribution in [0.2, 0.25) is 5.02 Å². The van der Waals surface area contributed by atoms with Gasteiger partial charge in [0.2, 0.25) is 11.8 Å². The lowest BCUT2D eigenvalue weighted by atomic mass is 9.84. The number of rotatable bonds is 8. The highest BCUT2D eigenvalue weighted by Gasteiger charge is 2.44. The number of alkyl carbamates (subject to hydrolysis) is 1. The average Bonchev–Trinajstić information content (AvgIpc) is 3.03. The molecule has 256 valence electrons. The van der Waals surface area contributed by atoms with Crippen LogP contribution in [0.4, 0.5) is 4.79 Å². The molecule has 3 aromatic rings. The zero-order valence-corrected chi connectivity index (χ0v) is 29.8. The molecule has 0 bridgehead atoms. The van der Waals surface area contributed by atoms with E-state index in [1.165, 1.54) is 7.11 Å². The molecular weight excluding hydrogens is 630 g/mol. The quantitative estimate of drug-likeness (QED) is 0.255. The summed E-state index contributed by atoms with van der Waals surface area (Å²) >= 11 is 6.65. The molecule has 0 saturated carbocycles. The minimum absolute atomic E-state index is 0.186. The second-order valence-electron chi connectivity index (χ2n) is 14.3. The summed E-state index contributed by atoms with van der Waals surface area (Å²) in [6.45, 7) is 13.2. The summed E-state index contributed by atoms with van der Waals surface area (Å²) in [7, 11) is 1.32. The van der Waals surface area contributed by atoms with Gasteiger partial charge in [-0.1, -0.05) is 87.0 Å². The Hall–Kier alpha value is -4.37. The maximum Gasteiger partial charge on any atom is 0.408 e. The molecule has 1 heterocycles. The number of methoxy groups -OCH3 is 1. The molecule has 0 saturated heterocycles. The average molecular weight is 676 g/mol. The minimum atomic E-state index is -0.979. The van der Waals surface area contributed by atoms with Gasteiger partial charge in [-0.25, -0.2) is 9.59 Å². The zero-order chi connectivity index (χ0) is 35.4. The third-order valence-corrected chi connectivity index (χ3v) is 8.77. The summed E-state index contributed by atoms with van der Waals surface area (Å²) in [6.07, 6.45) is -0.419. The summed E-state index contributed by atoms with van der Waals surface area (Å²) in [5, 5.41) is 3.32. The fraction of sp³-hybridized carbons (Fsp3) is 0.421. The number of carbonyl (C=O) groups is 4. The highest BCUT2D eigenvalue weighted by molar-refractivity contribution is 6.31. The van der Waals surface area contributed by atoms with Crippen LogP contribution in [0.5, 0.6) is 0 Å². The SMILES string of the molecule is COC(=O)c1ccc(CN(C(=O)C2Cc3ccccc3CN2C(=O)C(NC(=O)OC(C)(C)C)C(C)(C)C)[C@H](C)c2ccccc2Cl)cc1. The van der Waals surface area contributed by atoms with Crippen molar-refractivity contribution in [2.45, 2.75) is 91.7 Å². The number of hydrogen-bond donors (Lipinski definition) is 1. The molecule has 3 atom stereocenters. The van der Waals surface area contributed by atoms with Gasteiger partial charge in [0.05, 0.1) is 18.7 Å². The Kier molecular flexibility index (Phi) is 11.3. The maximum absolute atomic E-state index is 15.0. The molecule has 0 aliphatic carbocycles. The Bertz CT molecular complexity index is 1640. The van der Waals surface area contributed by atoms with Gasteiger partial charge < -0.3 is 24.6 Å². The number of fused-ring (bicyclic) bond motifs is 1. The van der Waals surface area contributed by atoms with Crippen LogP contribution < -0.4 is 5.32 Å². The van der Waals surface area contributed by atoms with Crippen molar-refractivity contribution < 1.29 is 28.7 Å².